The number of benzene rings is 1. The Morgan fingerprint density at radius 3 is 2.56 bits per heavy atom. The second kappa shape index (κ2) is 7.92. The first-order valence-corrected chi connectivity index (χ1v) is 8.60. The third kappa shape index (κ3) is 4.04. The molecule has 0 saturated carbocycles. The molecule has 2 N–H and O–H groups in total. The van der Waals surface area contributed by atoms with Crippen LogP contribution in [0.4, 0.5) is 0 Å². The molecule has 25 heavy (non-hydrogen) atoms. The molecule has 0 aliphatic rings. The summed E-state index contributed by atoms with van der Waals surface area (Å²) < 4.78 is 6.85. The van der Waals surface area contributed by atoms with Gasteiger partial charge in [-0.2, -0.15) is 5.26 Å². The quantitative estimate of drug-likeness (QED) is 0.706. The highest BCUT2D eigenvalue weighted by atomic mass is 79.9. The molecule has 1 amide bonds. The van der Waals surface area contributed by atoms with Crippen LogP contribution >= 0.6 is 27.3 Å². The molecule has 0 aliphatic carbocycles. The van der Waals surface area contributed by atoms with E-state index in [9.17, 15) is 19.6 Å². The van der Waals surface area contributed by atoms with Crippen LogP contribution in [0.5, 0.6) is 0 Å². The largest absolute Gasteiger partial charge is 0.463 e. The van der Waals surface area contributed by atoms with Gasteiger partial charge in [0.1, 0.15) is 15.3 Å². The SMILES string of the molecule is CCOC(=O)/C=c1/s/c(=C(\C#N)C(N)=O)n(-c2ccc(Br)cc2)c1=O. The molecule has 0 bridgehead atoms. The summed E-state index contributed by atoms with van der Waals surface area (Å²) in [6.07, 6.45) is 1.03. The Kier molecular flexibility index (Phi) is 5.90. The molecule has 2 aromatic rings. The van der Waals surface area contributed by atoms with Crippen molar-refractivity contribution in [1.29, 1.82) is 5.26 Å². The van der Waals surface area contributed by atoms with Crippen molar-refractivity contribution < 1.29 is 14.3 Å². The van der Waals surface area contributed by atoms with E-state index in [1.807, 2.05) is 0 Å². The van der Waals surface area contributed by atoms with Crippen molar-refractivity contribution >= 4 is 50.8 Å². The number of ether oxygens (including phenoxy) is 1. The summed E-state index contributed by atoms with van der Waals surface area (Å²) in [5.41, 5.74) is 4.75. The fraction of sp³-hybridized carbons (Fsp3) is 0.125. The Morgan fingerprint density at radius 1 is 1.40 bits per heavy atom. The minimum absolute atomic E-state index is 0.0327. The molecule has 0 aliphatic heterocycles. The summed E-state index contributed by atoms with van der Waals surface area (Å²) in [4.78, 5) is 35.9. The number of hydrogen-bond donors (Lipinski definition) is 1. The van der Waals surface area contributed by atoms with Gasteiger partial charge in [-0.1, -0.05) is 15.9 Å². The van der Waals surface area contributed by atoms with Crippen molar-refractivity contribution in [3.63, 3.8) is 0 Å². The lowest BCUT2D eigenvalue weighted by Gasteiger charge is -2.02. The molecule has 1 aromatic heterocycles. The van der Waals surface area contributed by atoms with Gasteiger partial charge in [0.15, 0.2) is 5.57 Å². The lowest BCUT2D eigenvalue weighted by molar-refractivity contribution is -0.135. The van der Waals surface area contributed by atoms with Crippen LogP contribution in [0.15, 0.2) is 33.5 Å². The highest BCUT2D eigenvalue weighted by Crippen LogP contribution is 2.12. The van der Waals surface area contributed by atoms with E-state index in [1.54, 1.807) is 37.3 Å². The fourth-order valence-electron chi connectivity index (χ4n) is 1.97. The average Bonchev–Trinajstić information content (AvgIpc) is 2.85. The standard InChI is InChI=1S/C16H12BrN3O4S/c1-2-24-13(21)7-12-15(23)20(10-5-3-9(17)4-6-10)16(25-12)11(8-18)14(19)22/h3-7H,2H2,1H3,(H2,19,22)/b12-7+,16-11+. The first kappa shape index (κ1) is 18.6. The first-order chi connectivity index (χ1) is 11.9. The number of carbonyl (C=O) groups is 2. The van der Waals surface area contributed by atoms with Gasteiger partial charge >= 0.3 is 5.97 Å². The predicted octanol–water partition coefficient (Wildman–Crippen LogP) is 0.165. The molecule has 9 heteroatoms. The molecule has 1 aromatic carbocycles. The number of nitriles is 1. The highest BCUT2D eigenvalue weighted by Gasteiger charge is 2.15. The Balaban J connectivity index is 2.90. The van der Waals surface area contributed by atoms with Gasteiger partial charge in [-0.25, -0.2) is 4.79 Å². The van der Waals surface area contributed by atoms with Crippen molar-refractivity contribution in [2.24, 2.45) is 5.73 Å². The van der Waals surface area contributed by atoms with Gasteiger partial charge in [0.25, 0.3) is 11.5 Å². The van der Waals surface area contributed by atoms with E-state index in [0.717, 1.165) is 21.9 Å². The van der Waals surface area contributed by atoms with Crippen molar-refractivity contribution in [2.75, 3.05) is 6.61 Å². The number of nitrogens with two attached hydrogens (primary N) is 1. The smallest absolute Gasteiger partial charge is 0.332 e. The number of hydrogen-bond acceptors (Lipinski definition) is 6. The molecule has 1 heterocycles. The van der Waals surface area contributed by atoms with Crippen LogP contribution in [-0.2, 0) is 14.3 Å². The normalized spacial score (nSPS) is 12.4. The van der Waals surface area contributed by atoms with Crippen molar-refractivity contribution in [1.82, 2.24) is 4.57 Å². The van der Waals surface area contributed by atoms with Crippen molar-refractivity contribution in [2.45, 2.75) is 6.92 Å². The number of primary amides is 1. The molecular formula is C16H12BrN3O4S. The Labute approximate surface area is 154 Å². The summed E-state index contributed by atoms with van der Waals surface area (Å²) in [7, 11) is 0. The second-order valence-corrected chi connectivity index (χ2v) is 6.58. The van der Waals surface area contributed by atoms with Crippen LogP contribution in [0, 0.1) is 11.3 Å². The molecule has 0 unspecified atom stereocenters. The van der Waals surface area contributed by atoms with E-state index in [2.05, 4.69) is 15.9 Å². The van der Waals surface area contributed by atoms with Crippen LogP contribution in [0.2, 0.25) is 0 Å². The number of carbonyl (C=O) groups excluding carboxylic acids is 2. The predicted molar refractivity (Wildman–Crippen MR) is 96.2 cm³/mol. The zero-order chi connectivity index (χ0) is 18.6. The lowest BCUT2D eigenvalue weighted by atomic mass is 10.3. The third-order valence-electron chi connectivity index (χ3n) is 3.02. The van der Waals surface area contributed by atoms with Gasteiger partial charge < -0.3 is 10.5 Å². The zero-order valence-corrected chi connectivity index (χ0v) is 15.4. The number of aromatic nitrogens is 1. The van der Waals surface area contributed by atoms with Gasteiger partial charge in [-0.15, -0.1) is 11.3 Å². The molecule has 0 spiro atoms. The van der Waals surface area contributed by atoms with Crippen LogP contribution in [0.3, 0.4) is 0 Å². The lowest BCUT2D eigenvalue weighted by Crippen LogP contribution is -2.32. The van der Waals surface area contributed by atoms with Crippen LogP contribution in [-0.4, -0.2) is 23.1 Å². The third-order valence-corrected chi connectivity index (χ3v) is 4.64. The summed E-state index contributed by atoms with van der Waals surface area (Å²) in [5, 5.41) is 9.23. The molecule has 7 nitrogen and oxygen atoms in total. The molecular weight excluding hydrogens is 410 g/mol. The van der Waals surface area contributed by atoms with Crippen LogP contribution in [0.1, 0.15) is 6.92 Å². The maximum absolute atomic E-state index is 12.7. The monoisotopic (exact) mass is 421 g/mol. The molecule has 0 fully saturated rings. The maximum atomic E-state index is 12.7. The molecule has 0 saturated heterocycles. The number of esters is 1. The Morgan fingerprint density at radius 2 is 2.04 bits per heavy atom. The summed E-state index contributed by atoms with van der Waals surface area (Å²) in [5.74, 6) is -1.65. The van der Waals surface area contributed by atoms with Gasteiger partial charge in [0, 0.05) is 10.5 Å². The Hall–Kier alpha value is -2.70. The molecule has 128 valence electrons. The number of rotatable bonds is 4. The van der Waals surface area contributed by atoms with E-state index >= 15 is 0 Å². The number of nitrogens with zero attached hydrogens (tertiary/aromatic N) is 2. The summed E-state index contributed by atoms with van der Waals surface area (Å²) >= 11 is 4.11. The molecule has 2 rings (SSSR count). The van der Waals surface area contributed by atoms with E-state index in [0.29, 0.717) is 5.69 Å². The Bertz CT molecular complexity index is 1050. The van der Waals surface area contributed by atoms with E-state index < -0.39 is 17.4 Å². The maximum Gasteiger partial charge on any atom is 0.332 e. The molecule has 0 radical (unpaired) electrons. The topological polar surface area (TPSA) is 115 Å². The number of amides is 1. The van der Waals surface area contributed by atoms with E-state index in [4.69, 9.17) is 10.5 Å². The zero-order valence-electron chi connectivity index (χ0n) is 13.0. The first-order valence-electron chi connectivity index (χ1n) is 6.99. The average molecular weight is 422 g/mol. The van der Waals surface area contributed by atoms with Crippen molar-refractivity contribution in [3.05, 3.63) is 48.3 Å². The minimum Gasteiger partial charge on any atom is -0.463 e. The van der Waals surface area contributed by atoms with Crippen molar-refractivity contribution in [3.8, 4) is 11.8 Å². The van der Waals surface area contributed by atoms with E-state index in [1.165, 1.54) is 4.57 Å². The van der Waals surface area contributed by atoms with Gasteiger partial charge in [-0.3, -0.25) is 14.2 Å². The van der Waals surface area contributed by atoms with E-state index in [-0.39, 0.29) is 21.4 Å². The number of thiazole rings is 1. The van der Waals surface area contributed by atoms with Gasteiger partial charge in [0.2, 0.25) is 0 Å². The fourth-order valence-corrected chi connectivity index (χ4v) is 3.31. The van der Waals surface area contributed by atoms with Gasteiger partial charge in [-0.05, 0) is 31.2 Å². The summed E-state index contributed by atoms with van der Waals surface area (Å²) in [6, 6.07) is 8.38. The van der Waals surface area contributed by atoms with Gasteiger partial charge in [0.05, 0.1) is 12.3 Å². The molecule has 0 atom stereocenters. The van der Waals surface area contributed by atoms with Crippen LogP contribution in [0.25, 0.3) is 17.3 Å². The number of halogens is 1. The minimum atomic E-state index is -0.961. The van der Waals surface area contributed by atoms with Crippen LogP contribution < -0.4 is 20.5 Å². The highest BCUT2D eigenvalue weighted by molar-refractivity contribution is 9.10. The summed E-state index contributed by atoms with van der Waals surface area (Å²) in [6.45, 7) is 1.80. The second-order valence-electron chi connectivity index (χ2n) is 4.64.